The van der Waals surface area contributed by atoms with Crippen LogP contribution in [0.15, 0.2) is 29.6 Å². The lowest BCUT2D eigenvalue weighted by Crippen LogP contribution is -2.27. The van der Waals surface area contributed by atoms with Gasteiger partial charge in [-0.2, -0.15) is 0 Å². The number of rotatable bonds is 5. The maximum absolute atomic E-state index is 12.2. The lowest BCUT2D eigenvalue weighted by Gasteiger charge is -2.13. The maximum atomic E-state index is 12.2. The molecule has 0 aliphatic heterocycles. The van der Waals surface area contributed by atoms with Crippen LogP contribution in [0.1, 0.15) is 18.2 Å². The fourth-order valence-electron chi connectivity index (χ4n) is 1.77. The molecule has 0 N–H and O–H groups in total. The molecule has 0 aliphatic rings. The average molecular weight is 290 g/mol. The number of ether oxygens (including phenoxy) is 1. The largest absolute Gasteiger partial charge is 0.494 e. The number of carbonyl (C=O) groups excluding carboxylic acids is 1. The van der Waals surface area contributed by atoms with Crippen molar-refractivity contribution in [3.63, 3.8) is 0 Å². The molecule has 2 rings (SSSR count). The molecule has 2 aromatic rings. The van der Waals surface area contributed by atoms with E-state index >= 15 is 0 Å². The SMILES string of the molecule is CCOc1ccc(CC(=O)N(C)c2nc(C)cs2)cc1. The van der Waals surface area contributed by atoms with Gasteiger partial charge in [0.1, 0.15) is 5.75 Å². The Morgan fingerprint density at radius 1 is 1.35 bits per heavy atom. The Labute approximate surface area is 123 Å². The van der Waals surface area contributed by atoms with E-state index in [0.717, 1.165) is 22.1 Å². The number of benzene rings is 1. The summed E-state index contributed by atoms with van der Waals surface area (Å²) in [5.74, 6) is 0.858. The minimum atomic E-state index is 0.0310. The van der Waals surface area contributed by atoms with E-state index in [2.05, 4.69) is 4.98 Å². The van der Waals surface area contributed by atoms with Crippen molar-refractivity contribution in [1.82, 2.24) is 4.98 Å². The first-order chi connectivity index (χ1) is 9.60. The number of thiazole rings is 1. The van der Waals surface area contributed by atoms with Crippen LogP contribution in [-0.2, 0) is 11.2 Å². The summed E-state index contributed by atoms with van der Waals surface area (Å²) in [4.78, 5) is 18.1. The van der Waals surface area contributed by atoms with Crippen molar-refractivity contribution in [2.45, 2.75) is 20.3 Å². The van der Waals surface area contributed by atoms with Gasteiger partial charge in [-0.05, 0) is 31.5 Å². The molecule has 1 aromatic heterocycles. The van der Waals surface area contributed by atoms with Crippen molar-refractivity contribution in [3.05, 3.63) is 40.9 Å². The number of aryl methyl sites for hydroxylation is 1. The van der Waals surface area contributed by atoms with Crippen LogP contribution in [0.2, 0.25) is 0 Å². The van der Waals surface area contributed by atoms with Gasteiger partial charge in [0.15, 0.2) is 5.13 Å². The van der Waals surface area contributed by atoms with Crippen LogP contribution >= 0.6 is 11.3 Å². The predicted octanol–water partition coefficient (Wildman–Crippen LogP) is 3.06. The third kappa shape index (κ3) is 3.57. The molecule has 0 saturated carbocycles. The van der Waals surface area contributed by atoms with Crippen molar-refractivity contribution in [2.24, 2.45) is 0 Å². The van der Waals surface area contributed by atoms with Gasteiger partial charge in [-0.1, -0.05) is 12.1 Å². The van der Waals surface area contributed by atoms with Crippen LogP contribution in [-0.4, -0.2) is 24.5 Å². The van der Waals surface area contributed by atoms with Gasteiger partial charge in [0.2, 0.25) is 5.91 Å². The lowest BCUT2D eigenvalue weighted by molar-refractivity contribution is -0.117. The van der Waals surface area contributed by atoms with E-state index in [1.54, 1.807) is 11.9 Å². The highest BCUT2D eigenvalue weighted by molar-refractivity contribution is 7.14. The molecule has 20 heavy (non-hydrogen) atoms. The zero-order chi connectivity index (χ0) is 14.5. The van der Waals surface area contributed by atoms with Crippen molar-refractivity contribution in [3.8, 4) is 5.75 Å². The molecule has 106 valence electrons. The molecule has 4 nitrogen and oxygen atoms in total. The molecule has 0 saturated heterocycles. The molecule has 1 aromatic carbocycles. The van der Waals surface area contributed by atoms with Gasteiger partial charge < -0.3 is 4.74 Å². The second-order valence-corrected chi connectivity index (χ2v) is 5.31. The number of hydrogen-bond acceptors (Lipinski definition) is 4. The lowest BCUT2D eigenvalue weighted by atomic mass is 10.1. The van der Waals surface area contributed by atoms with E-state index in [9.17, 15) is 4.79 Å². The number of aromatic nitrogens is 1. The molecule has 1 heterocycles. The molecule has 0 fully saturated rings. The zero-order valence-corrected chi connectivity index (χ0v) is 12.7. The van der Waals surface area contributed by atoms with E-state index < -0.39 is 0 Å². The molecule has 0 unspecified atom stereocenters. The number of anilines is 1. The smallest absolute Gasteiger partial charge is 0.232 e. The fourth-order valence-corrected chi connectivity index (χ4v) is 2.55. The van der Waals surface area contributed by atoms with Crippen LogP contribution in [0.25, 0.3) is 0 Å². The quantitative estimate of drug-likeness (QED) is 0.850. The van der Waals surface area contributed by atoms with Gasteiger partial charge in [-0.15, -0.1) is 11.3 Å². The molecular formula is C15H18N2O2S. The normalized spacial score (nSPS) is 10.3. The Kier molecular flexibility index (Phi) is 4.74. The summed E-state index contributed by atoms with van der Waals surface area (Å²) in [6, 6.07) is 7.62. The molecule has 0 bridgehead atoms. The van der Waals surface area contributed by atoms with Crippen molar-refractivity contribution in [1.29, 1.82) is 0 Å². The minimum Gasteiger partial charge on any atom is -0.494 e. The van der Waals surface area contributed by atoms with Crippen molar-refractivity contribution >= 4 is 22.4 Å². The first-order valence-electron chi connectivity index (χ1n) is 6.50. The number of carbonyl (C=O) groups is 1. The highest BCUT2D eigenvalue weighted by Gasteiger charge is 2.14. The maximum Gasteiger partial charge on any atom is 0.232 e. The second kappa shape index (κ2) is 6.52. The summed E-state index contributed by atoms with van der Waals surface area (Å²) >= 11 is 1.48. The van der Waals surface area contributed by atoms with Gasteiger partial charge >= 0.3 is 0 Å². The number of amides is 1. The molecule has 0 radical (unpaired) electrons. The monoisotopic (exact) mass is 290 g/mol. The van der Waals surface area contributed by atoms with E-state index in [1.165, 1.54) is 11.3 Å². The Morgan fingerprint density at radius 3 is 2.60 bits per heavy atom. The zero-order valence-electron chi connectivity index (χ0n) is 11.9. The molecule has 0 spiro atoms. The number of hydrogen-bond donors (Lipinski definition) is 0. The van der Waals surface area contributed by atoms with Crippen LogP contribution in [0, 0.1) is 6.92 Å². The predicted molar refractivity (Wildman–Crippen MR) is 81.6 cm³/mol. The second-order valence-electron chi connectivity index (χ2n) is 4.48. The summed E-state index contributed by atoms with van der Waals surface area (Å²) in [6.45, 7) is 4.51. The number of nitrogens with zero attached hydrogens (tertiary/aromatic N) is 2. The van der Waals surface area contributed by atoms with E-state index in [0.29, 0.717) is 13.0 Å². The standard InChI is InChI=1S/C15H18N2O2S/c1-4-19-13-7-5-12(6-8-13)9-14(18)17(3)15-16-11(2)10-20-15/h5-8,10H,4,9H2,1-3H3. The number of likely N-dealkylation sites (N-methyl/N-ethyl adjacent to an activating group) is 1. The molecular weight excluding hydrogens is 272 g/mol. The van der Waals surface area contributed by atoms with Gasteiger partial charge in [0.05, 0.1) is 18.7 Å². The van der Waals surface area contributed by atoms with Crippen LogP contribution in [0.5, 0.6) is 5.75 Å². The molecule has 0 atom stereocenters. The average Bonchev–Trinajstić information content (AvgIpc) is 2.87. The summed E-state index contributed by atoms with van der Waals surface area (Å²) in [6.07, 6.45) is 0.363. The topological polar surface area (TPSA) is 42.4 Å². The van der Waals surface area contributed by atoms with Crippen molar-refractivity contribution < 1.29 is 9.53 Å². The van der Waals surface area contributed by atoms with Crippen LogP contribution in [0.3, 0.4) is 0 Å². The van der Waals surface area contributed by atoms with E-state index in [4.69, 9.17) is 4.74 Å². The van der Waals surface area contributed by atoms with Gasteiger partial charge in [-0.3, -0.25) is 9.69 Å². The molecule has 1 amide bonds. The van der Waals surface area contributed by atoms with Crippen LogP contribution < -0.4 is 9.64 Å². The Morgan fingerprint density at radius 2 is 2.05 bits per heavy atom. The summed E-state index contributed by atoms with van der Waals surface area (Å²) in [5.41, 5.74) is 1.91. The Bertz CT molecular complexity index is 578. The third-order valence-corrected chi connectivity index (χ3v) is 3.89. The first-order valence-corrected chi connectivity index (χ1v) is 7.38. The molecule has 0 aliphatic carbocycles. The molecule has 5 heteroatoms. The third-order valence-electron chi connectivity index (χ3n) is 2.86. The van der Waals surface area contributed by atoms with E-state index in [1.807, 2.05) is 43.5 Å². The summed E-state index contributed by atoms with van der Waals surface area (Å²) in [7, 11) is 1.76. The highest BCUT2D eigenvalue weighted by Crippen LogP contribution is 2.20. The van der Waals surface area contributed by atoms with Gasteiger partial charge in [0, 0.05) is 12.4 Å². The fraction of sp³-hybridized carbons (Fsp3) is 0.333. The summed E-state index contributed by atoms with van der Waals surface area (Å²) < 4.78 is 5.38. The minimum absolute atomic E-state index is 0.0310. The van der Waals surface area contributed by atoms with E-state index in [-0.39, 0.29) is 5.91 Å². The van der Waals surface area contributed by atoms with Gasteiger partial charge in [0.25, 0.3) is 0 Å². The van der Waals surface area contributed by atoms with Crippen molar-refractivity contribution in [2.75, 3.05) is 18.6 Å². The van der Waals surface area contributed by atoms with Crippen LogP contribution in [0.4, 0.5) is 5.13 Å². The van der Waals surface area contributed by atoms with Gasteiger partial charge in [-0.25, -0.2) is 4.98 Å². The highest BCUT2D eigenvalue weighted by atomic mass is 32.1. The Balaban J connectivity index is 2.00. The Hall–Kier alpha value is -1.88. The first kappa shape index (κ1) is 14.5. The summed E-state index contributed by atoms with van der Waals surface area (Å²) in [5, 5.41) is 2.68.